The molecule has 1 heterocycles. The molecule has 1 aromatic carbocycles. The summed E-state index contributed by atoms with van der Waals surface area (Å²) in [7, 11) is 0. The molecule has 0 radical (unpaired) electrons. The summed E-state index contributed by atoms with van der Waals surface area (Å²) in [5.74, 6) is 0.786. The van der Waals surface area contributed by atoms with Crippen molar-refractivity contribution in [1.82, 2.24) is 0 Å². The Bertz CT molecular complexity index is 378. The molecule has 1 aliphatic rings. The predicted octanol–water partition coefficient (Wildman–Crippen LogP) is 2.94. The average Bonchev–Trinajstić information content (AvgIpc) is 2.60. The van der Waals surface area contributed by atoms with Crippen molar-refractivity contribution in [3.63, 3.8) is 0 Å². The average molecular weight is 334 g/mol. The molecule has 1 N–H and O–H groups in total. The van der Waals surface area contributed by atoms with Crippen molar-refractivity contribution >= 4 is 27.5 Å². The highest BCUT2D eigenvalue weighted by Gasteiger charge is 2.12. The maximum Gasteiger partial charge on any atom is 0.138 e. The van der Waals surface area contributed by atoms with Gasteiger partial charge in [0.1, 0.15) is 18.9 Å². The van der Waals surface area contributed by atoms with Crippen molar-refractivity contribution in [1.29, 1.82) is 0 Å². The minimum atomic E-state index is 0.676. The zero-order valence-corrected chi connectivity index (χ0v) is 12.9. The van der Waals surface area contributed by atoms with E-state index in [1.54, 1.807) is 4.90 Å². The highest BCUT2D eigenvalue weighted by Crippen LogP contribution is 2.27. The first kappa shape index (κ1) is 14.2. The van der Waals surface area contributed by atoms with Crippen molar-refractivity contribution in [2.45, 2.75) is 25.7 Å². The molecule has 0 atom stereocenters. The van der Waals surface area contributed by atoms with Crippen molar-refractivity contribution in [3.8, 4) is 5.75 Å². The van der Waals surface area contributed by atoms with E-state index >= 15 is 0 Å². The van der Waals surface area contributed by atoms with E-state index in [0.717, 1.165) is 23.4 Å². The van der Waals surface area contributed by atoms with Crippen molar-refractivity contribution in [3.05, 3.63) is 27.7 Å². The third-order valence-corrected chi connectivity index (χ3v) is 4.21. The van der Waals surface area contributed by atoms with Gasteiger partial charge in [-0.05, 0) is 43.9 Å². The van der Waals surface area contributed by atoms with E-state index in [9.17, 15) is 0 Å². The molecule has 0 unspecified atom stereocenters. The van der Waals surface area contributed by atoms with E-state index in [1.807, 2.05) is 18.2 Å². The lowest BCUT2D eigenvalue weighted by Gasteiger charge is -2.17. The van der Waals surface area contributed by atoms with Gasteiger partial charge in [0.25, 0.3) is 0 Å². The van der Waals surface area contributed by atoms with Gasteiger partial charge in [-0.3, -0.25) is 0 Å². The van der Waals surface area contributed by atoms with Crippen LogP contribution in [0.4, 0.5) is 0 Å². The third-order valence-electron chi connectivity index (χ3n) is 3.42. The lowest BCUT2D eigenvalue weighted by atomic mass is 10.2. The normalized spacial score (nSPS) is 17.4. The molecule has 0 amide bonds. The maximum absolute atomic E-state index is 6.12. The number of rotatable bonds is 4. The van der Waals surface area contributed by atoms with Gasteiger partial charge in [0.2, 0.25) is 0 Å². The molecular weight excluding hydrogens is 314 g/mol. The monoisotopic (exact) mass is 332 g/mol. The number of quaternary nitrogens is 1. The molecule has 0 spiro atoms. The number of likely N-dealkylation sites (tertiary alicyclic amines) is 1. The van der Waals surface area contributed by atoms with E-state index in [-0.39, 0.29) is 0 Å². The molecule has 2 rings (SSSR count). The van der Waals surface area contributed by atoms with Gasteiger partial charge < -0.3 is 9.64 Å². The first-order valence-electron chi connectivity index (χ1n) is 6.67. The number of benzene rings is 1. The van der Waals surface area contributed by atoms with Crippen LogP contribution in [0.15, 0.2) is 22.7 Å². The molecule has 4 heteroatoms. The van der Waals surface area contributed by atoms with Crippen LogP contribution in [0, 0.1) is 0 Å². The molecule has 0 aliphatic carbocycles. The summed E-state index contributed by atoms with van der Waals surface area (Å²) in [6.07, 6.45) is 5.49. The topological polar surface area (TPSA) is 13.7 Å². The van der Waals surface area contributed by atoms with Crippen LogP contribution < -0.4 is 9.64 Å². The lowest BCUT2D eigenvalue weighted by molar-refractivity contribution is -0.899. The molecule has 18 heavy (non-hydrogen) atoms. The Morgan fingerprint density at radius 1 is 1.17 bits per heavy atom. The van der Waals surface area contributed by atoms with Crippen molar-refractivity contribution in [2.75, 3.05) is 26.2 Å². The third kappa shape index (κ3) is 4.45. The van der Waals surface area contributed by atoms with Gasteiger partial charge >= 0.3 is 0 Å². The molecule has 1 aliphatic heterocycles. The van der Waals surface area contributed by atoms with E-state index < -0.39 is 0 Å². The Morgan fingerprint density at radius 2 is 1.89 bits per heavy atom. The van der Waals surface area contributed by atoms with E-state index in [4.69, 9.17) is 16.3 Å². The smallest absolute Gasteiger partial charge is 0.138 e. The number of hydrogen-bond acceptors (Lipinski definition) is 1. The van der Waals surface area contributed by atoms with E-state index in [2.05, 4.69) is 15.9 Å². The molecule has 1 aromatic rings. The number of nitrogens with one attached hydrogen (secondary N) is 1. The fourth-order valence-electron chi connectivity index (χ4n) is 2.38. The van der Waals surface area contributed by atoms with E-state index in [1.165, 1.54) is 38.8 Å². The minimum Gasteiger partial charge on any atom is -0.486 e. The molecule has 1 fully saturated rings. The summed E-state index contributed by atoms with van der Waals surface area (Å²) in [6.45, 7) is 4.40. The van der Waals surface area contributed by atoms with Gasteiger partial charge in [-0.25, -0.2) is 0 Å². The summed E-state index contributed by atoms with van der Waals surface area (Å²) in [5, 5.41) is 0.676. The molecule has 0 aromatic heterocycles. The standard InChI is InChI=1S/C14H19BrClNO/c15-12-5-6-14(13(16)11-12)18-10-9-17-7-3-1-2-4-8-17/h5-6,11H,1-4,7-10H2/p+1. The van der Waals surface area contributed by atoms with Crippen LogP contribution in [0.25, 0.3) is 0 Å². The number of halogens is 2. The van der Waals surface area contributed by atoms with Crippen LogP contribution in [0.5, 0.6) is 5.75 Å². The van der Waals surface area contributed by atoms with Crippen LogP contribution >= 0.6 is 27.5 Å². The van der Waals surface area contributed by atoms with E-state index in [0.29, 0.717) is 5.02 Å². The Morgan fingerprint density at radius 3 is 2.56 bits per heavy atom. The molecule has 100 valence electrons. The zero-order chi connectivity index (χ0) is 12.8. The highest BCUT2D eigenvalue weighted by atomic mass is 79.9. The maximum atomic E-state index is 6.12. The summed E-state index contributed by atoms with van der Waals surface area (Å²) < 4.78 is 6.75. The Balaban J connectivity index is 1.77. The second kappa shape index (κ2) is 7.37. The number of ether oxygens (including phenoxy) is 1. The molecule has 0 bridgehead atoms. The summed E-state index contributed by atoms with van der Waals surface area (Å²) in [4.78, 5) is 1.67. The second-order valence-electron chi connectivity index (χ2n) is 4.84. The fourth-order valence-corrected chi connectivity index (χ4v) is 3.10. The quantitative estimate of drug-likeness (QED) is 0.894. The predicted molar refractivity (Wildman–Crippen MR) is 78.7 cm³/mol. The summed E-state index contributed by atoms with van der Waals surface area (Å²) in [5.41, 5.74) is 0. The van der Waals surface area contributed by atoms with Gasteiger partial charge in [-0.1, -0.05) is 27.5 Å². The first-order valence-corrected chi connectivity index (χ1v) is 7.84. The van der Waals surface area contributed by atoms with Crippen LogP contribution in [-0.2, 0) is 0 Å². The Kier molecular flexibility index (Phi) is 5.80. The molecule has 2 nitrogen and oxygen atoms in total. The number of hydrogen-bond donors (Lipinski definition) is 1. The molecule has 1 saturated heterocycles. The van der Waals surface area contributed by atoms with Crippen LogP contribution in [0.1, 0.15) is 25.7 Å². The first-order chi connectivity index (χ1) is 8.75. The Labute approximate surface area is 122 Å². The van der Waals surface area contributed by atoms with Gasteiger partial charge in [0, 0.05) is 4.47 Å². The van der Waals surface area contributed by atoms with Crippen LogP contribution in [-0.4, -0.2) is 26.2 Å². The van der Waals surface area contributed by atoms with Crippen molar-refractivity contribution in [2.24, 2.45) is 0 Å². The van der Waals surface area contributed by atoms with Crippen LogP contribution in [0.3, 0.4) is 0 Å². The second-order valence-corrected chi connectivity index (χ2v) is 6.16. The van der Waals surface area contributed by atoms with Gasteiger partial charge in [-0.2, -0.15) is 0 Å². The fraction of sp³-hybridized carbons (Fsp3) is 0.571. The van der Waals surface area contributed by atoms with Gasteiger partial charge in [0.05, 0.1) is 18.1 Å². The lowest BCUT2D eigenvalue weighted by Crippen LogP contribution is -3.12. The molecular formula is C14H20BrClNO+. The zero-order valence-electron chi connectivity index (χ0n) is 10.6. The summed E-state index contributed by atoms with van der Waals surface area (Å²) >= 11 is 9.51. The molecule has 0 saturated carbocycles. The van der Waals surface area contributed by atoms with Crippen LogP contribution in [0.2, 0.25) is 5.02 Å². The minimum absolute atomic E-state index is 0.676. The summed E-state index contributed by atoms with van der Waals surface area (Å²) in [6, 6.07) is 5.75. The van der Waals surface area contributed by atoms with Gasteiger partial charge in [-0.15, -0.1) is 0 Å². The SMILES string of the molecule is Clc1cc(Br)ccc1OCC[NH+]1CCCCCC1. The largest absolute Gasteiger partial charge is 0.486 e. The van der Waals surface area contributed by atoms with Gasteiger partial charge in [0.15, 0.2) is 0 Å². The van der Waals surface area contributed by atoms with Crippen molar-refractivity contribution < 1.29 is 9.64 Å². The Hall–Kier alpha value is -0.250. The highest BCUT2D eigenvalue weighted by molar-refractivity contribution is 9.10.